The van der Waals surface area contributed by atoms with Gasteiger partial charge in [0.2, 0.25) is 0 Å². The lowest BCUT2D eigenvalue weighted by atomic mass is 10.7. The fraction of sp³-hybridized carbons (Fsp3) is 0. The Morgan fingerprint density at radius 2 is 2.50 bits per heavy atom. The van der Waals surface area contributed by atoms with Crippen LogP contribution in [0, 0.1) is 0 Å². The molecular weight excluding hydrogens is 78.0 g/mol. The molecule has 0 aliphatic heterocycles. The molecule has 0 amide bonds. The largest absolute Gasteiger partial charge is 0.415 e. The Bertz CT molecular complexity index is 79.5. The van der Waals surface area contributed by atoms with Gasteiger partial charge >= 0.3 is 12.7 Å². The zero-order valence-corrected chi connectivity index (χ0v) is 3.16. The molecule has 0 saturated carbocycles. The van der Waals surface area contributed by atoms with Gasteiger partial charge in [-0.15, -0.1) is 0 Å². The van der Waals surface area contributed by atoms with E-state index in [2.05, 4.69) is 9.40 Å². The maximum Gasteiger partial charge on any atom is 0.415 e. The Morgan fingerprint density at radius 3 is 2.67 bits per heavy atom. The van der Waals surface area contributed by atoms with E-state index in [0.29, 0.717) is 0 Å². The van der Waals surface area contributed by atoms with Crippen molar-refractivity contribution < 1.29 is 4.42 Å². The first-order chi connectivity index (χ1) is 3.00. The third kappa shape index (κ3) is 0.516. The topological polar surface area (TPSA) is 24.2 Å². The van der Waals surface area contributed by atoms with Crippen LogP contribution in [0.5, 0.6) is 0 Å². The number of hydrogen-bond acceptors (Lipinski definition) is 1. The Kier molecular flexibility index (Phi) is 0.819. The maximum absolute atomic E-state index is 4.57. The molecule has 0 saturated heterocycles. The Morgan fingerprint density at radius 1 is 1.50 bits per heavy atom. The van der Waals surface area contributed by atoms with Gasteiger partial charge in [-0.1, -0.05) is 0 Å². The van der Waals surface area contributed by atoms with Crippen molar-refractivity contribution in [1.29, 1.82) is 0 Å². The standard InChI is InChI=1S/C4H4NO/c1-2-5-4-6-3-1/h1-4H/q+1. The number of hydrogen-bond donors (Lipinski definition) is 0. The summed E-state index contributed by atoms with van der Waals surface area (Å²) in [4.78, 5) is 3.62. The van der Waals surface area contributed by atoms with Crippen LogP contribution in [0.1, 0.15) is 0 Å². The van der Waals surface area contributed by atoms with E-state index in [1.165, 1.54) is 6.39 Å². The summed E-state index contributed by atoms with van der Waals surface area (Å²) in [6.45, 7) is 0. The monoisotopic (exact) mass is 82.0 g/mol. The molecule has 1 aromatic rings. The molecule has 0 aliphatic carbocycles. The summed E-state index contributed by atoms with van der Waals surface area (Å²) in [5.41, 5.74) is 0. The average molecular weight is 82.1 g/mol. The Balaban J connectivity index is 3.00. The van der Waals surface area contributed by atoms with E-state index < -0.39 is 0 Å². The molecule has 0 radical (unpaired) electrons. The molecule has 0 aromatic carbocycles. The summed E-state index contributed by atoms with van der Waals surface area (Å²) in [6.07, 6.45) is 4.59. The lowest BCUT2D eigenvalue weighted by molar-refractivity contribution is 0.527. The van der Waals surface area contributed by atoms with E-state index in [0.717, 1.165) is 0 Å². The first kappa shape index (κ1) is 3.28. The maximum atomic E-state index is 4.57. The highest BCUT2D eigenvalue weighted by Crippen LogP contribution is 1.73. The fourth-order valence-corrected chi connectivity index (χ4v) is 0.236. The summed E-state index contributed by atoms with van der Waals surface area (Å²) in [6, 6.07) is 1.72. The van der Waals surface area contributed by atoms with Gasteiger partial charge in [0.05, 0.1) is 6.07 Å². The zero-order chi connectivity index (χ0) is 4.24. The van der Waals surface area contributed by atoms with E-state index in [1.807, 2.05) is 0 Å². The minimum absolute atomic E-state index is 1.38. The minimum Gasteiger partial charge on any atom is -0.203 e. The second-order valence-electron chi connectivity index (χ2n) is 0.868. The van der Waals surface area contributed by atoms with E-state index in [4.69, 9.17) is 0 Å². The minimum atomic E-state index is 1.38. The van der Waals surface area contributed by atoms with Crippen molar-refractivity contribution in [1.82, 2.24) is 4.98 Å². The zero-order valence-electron chi connectivity index (χ0n) is 3.16. The molecule has 1 aromatic heterocycles. The fourth-order valence-electron chi connectivity index (χ4n) is 0.236. The van der Waals surface area contributed by atoms with Crippen molar-refractivity contribution in [2.75, 3.05) is 0 Å². The second-order valence-corrected chi connectivity index (χ2v) is 0.868. The van der Waals surface area contributed by atoms with Crippen LogP contribution < -0.4 is 0 Å². The molecule has 0 spiro atoms. The van der Waals surface area contributed by atoms with Gasteiger partial charge in [-0.2, -0.15) is 4.98 Å². The molecule has 0 fully saturated rings. The van der Waals surface area contributed by atoms with Crippen molar-refractivity contribution in [3.63, 3.8) is 0 Å². The molecule has 0 N–H and O–H groups in total. The van der Waals surface area contributed by atoms with Crippen molar-refractivity contribution in [2.45, 2.75) is 0 Å². The number of rotatable bonds is 0. The molecule has 0 bridgehead atoms. The van der Waals surface area contributed by atoms with Gasteiger partial charge < -0.3 is 0 Å². The lowest BCUT2D eigenvalue weighted by Gasteiger charge is -1.58. The summed E-state index contributed by atoms with van der Waals surface area (Å²) in [5, 5.41) is 0. The first-order valence-corrected chi connectivity index (χ1v) is 1.65. The van der Waals surface area contributed by atoms with Crippen molar-refractivity contribution in [3.8, 4) is 0 Å². The summed E-state index contributed by atoms with van der Waals surface area (Å²) >= 11 is 0. The molecule has 0 atom stereocenters. The molecular formula is C4H4NO+. The van der Waals surface area contributed by atoms with Gasteiger partial charge in [0.15, 0.2) is 0 Å². The van der Waals surface area contributed by atoms with Crippen molar-refractivity contribution in [3.05, 3.63) is 24.9 Å². The van der Waals surface area contributed by atoms with Crippen LogP contribution in [0.4, 0.5) is 0 Å². The highest BCUT2D eigenvalue weighted by atomic mass is 16.3. The normalized spacial score (nSPS) is 8.00. The van der Waals surface area contributed by atoms with Crippen LogP contribution in [0.3, 0.4) is 0 Å². The average Bonchev–Trinajstić information content (AvgIpc) is 1.72. The van der Waals surface area contributed by atoms with E-state index in [9.17, 15) is 0 Å². The molecule has 30 valence electrons. The number of aromatic nitrogens is 1. The van der Waals surface area contributed by atoms with Crippen LogP contribution in [-0.2, 0) is 0 Å². The Hall–Kier alpha value is -0.920. The second kappa shape index (κ2) is 1.50. The van der Waals surface area contributed by atoms with E-state index >= 15 is 0 Å². The molecule has 2 nitrogen and oxygen atoms in total. The summed E-state index contributed by atoms with van der Waals surface area (Å²) in [5.74, 6) is 0. The molecule has 2 heteroatoms. The summed E-state index contributed by atoms with van der Waals surface area (Å²) in [7, 11) is 0. The smallest absolute Gasteiger partial charge is 0.203 e. The predicted molar refractivity (Wildman–Crippen MR) is 20.9 cm³/mol. The highest BCUT2D eigenvalue weighted by molar-refractivity contribution is 4.69. The highest BCUT2D eigenvalue weighted by Gasteiger charge is 1.73. The molecule has 6 heavy (non-hydrogen) atoms. The quantitative estimate of drug-likeness (QED) is 0.435. The van der Waals surface area contributed by atoms with Gasteiger partial charge in [0.25, 0.3) is 0 Å². The predicted octanol–water partition coefficient (Wildman–Crippen LogP) is 0.956. The molecule has 0 aliphatic rings. The number of nitrogens with zero attached hydrogens (tertiary/aromatic N) is 1. The SMILES string of the molecule is c1cnc[o+]c1. The van der Waals surface area contributed by atoms with Gasteiger partial charge in [0.1, 0.15) is 0 Å². The Labute approximate surface area is 35.5 Å². The third-order valence-corrected chi connectivity index (χ3v) is 0.451. The van der Waals surface area contributed by atoms with Gasteiger partial charge in [0, 0.05) is 6.20 Å². The van der Waals surface area contributed by atoms with Gasteiger partial charge in [-0.3, -0.25) is 0 Å². The lowest BCUT2D eigenvalue weighted by Crippen LogP contribution is -1.58. The van der Waals surface area contributed by atoms with Crippen LogP contribution in [0.15, 0.2) is 29.3 Å². The van der Waals surface area contributed by atoms with Crippen molar-refractivity contribution in [2.24, 2.45) is 0 Å². The van der Waals surface area contributed by atoms with Crippen LogP contribution >= 0.6 is 0 Å². The first-order valence-electron chi connectivity index (χ1n) is 1.65. The van der Waals surface area contributed by atoms with Crippen LogP contribution in [0.25, 0.3) is 0 Å². The molecule has 0 unspecified atom stereocenters. The van der Waals surface area contributed by atoms with Crippen LogP contribution in [-0.4, -0.2) is 4.98 Å². The third-order valence-electron chi connectivity index (χ3n) is 0.451. The van der Waals surface area contributed by atoms with Gasteiger partial charge in [-0.25, -0.2) is 4.42 Å². The molecule has 1 rings (SSSR count). The summed E-state index contributed by atoms with van der Waals surface area (Å²) < 4.78 is 4.57. The van der Waals surface area contributed by atoms with Crippen LogP contribution in [0.2, 0.25) is 0 Å². The van der Waals surface area contributed by atoms with E-state index in [-0.39, 0.29) is 0 Å². The van der Waals surface area contributed by atoms with E-state index in [1.54, 1.807) is 18.5 Å². The molecule has 1 heterocycles. The van der Waals surface area contributed by atoms with Crippen molar-refractivity contribution >= 4 is 0 Å². The van der Waals surface area contributed by atoms with Gasteiger partial charge in [-0.05, 0) is 0 Å².